The summed E-state index contributed by atoms with van der Waals surface area (Å²) < 4.78 is 7.23. The Labute approximate surface area is 223 Å². The quantitative estimate of drug-likeness (QED) is 0.140. The summed E-state index contributed by atoms with van der Waals surface area (Å²) in [6.07, 6.45) is 1.53. The number of carbonyl (C=O) groups excluding carboxylic acids is 2. The van der Waals surface area contributed by atoms with E-state index < -0.39 is 16.7 Å². The van der Waals surface area contributed by atoms with E-state index in [-0.39, 0.29) is 22.9 Å². The Hall–Kier alpha value is -4.02. The first kappa shape index (κ1) is 26.1. The van der Waals surface area contributed by atoms with Crippen molar-refractivity contribution in [2.24, 2.45) is 0 Å². The van der Waals surface area contributed by atoms with E-state index in [2.05, 4.69) is 0 Å². The number of nitro groups is 1. The molecule has 2 amide bonds. The molecular formula is C26H23ClN4O5S. The number of thiocarbonyl (C=S) groups is 1. The van der Waals surface area contributed by atoms with Crippen LogP contribution < -0.4 is 9.64 Å². The summed E-state index contributed by atoms with van der Waals surface area (Å²) >= 11 is 11.5. The van der Waals surface area contributed by atoms with E-state index in [1.807, 2.05) is 6.92 Å². The largest absolute Gasteiger partial charge is 0.495 e. The Morgan fingerprint density at radius 1 is 1.08 bits per heavy atom. The van der Waals surface area contributed by atoms with Gasteiger partial charge in [0.25, 0.3) is 17.5 Å². The predicted molar refractivity (Wildman–Crippen MR) is 145 cm³/mol. The monoisotopic (exact) mass is 538 g/mol. The highest BCUT2D eigenvalue weighted by atomic mass is 35.5. The number of likely N-dealkylation sites (N-methyl/N-ethyl adjacent to an activating group) is 1. The number of hydrogen-bond donors (Lipinski definition) is 0. The minimum absolute atomic E-state index is 0.0587. The van der Waals surface area contributed by atoms with Crippen LogP contribution in [0, 0.1) is 24.0 Å². The molecule has 1 aliphatic rings. The first-order valence-electron chi connectivity index (χ1n) is 11.3. The van der Waals surface area contributed by atoms with E-state index in [0.29, 0.717) is 33.4 Å². The summed E-state index contributed by atoms with van der Waals surface area (Å²) in [5, 5.41) is 12.0. The van der Waals surface area contributed by atoms with Gasteiger partial charge in [0.05, 0.1) is 23.4 Å². The number of rotatable bonds is 6. The maximum atomic E-state index is 13.6. The van der Waals surface area contributed by atoms with E-state index in [4.69, 9.17) is 28.6 Å². The number of non-ortho nitro benzene ring substituents is 1. The van der Waals surface area contributed by atoms with Gasteiger partial charge < -0.3 is 9.30 Å². The molecule has 1 aliphatic heterocycles. The molecule has 4 rings (SSSR count). The fourth-order valence-corrected chi connectivity index (χ4v) is 4.82. The van der Waals surface area contributed by atoms with Gasteiger partial charge in [0, 0.05) is 35.1 Å². The molecule has 2 aromatic carbocycles. The van der Waals surface area contributed by atoms with Crippen LogP contribution in [-0.2, 0) is 9.59 Å². The minimum Gasteiger partial charge on any atom is -0.495 e. The highest BCUT2D eigenvalue weighted by molar-refractivity contribution is 7.80. The van der Waals surface area contributed by atoms with Gasteiger partial charge >= 0.3 is 0 Å². The van der Waals surface area contributed by atoms with Crippen LogP contribution in [0.15, 0.2) is 54.1 Å². The molecule has 0 bridgehead atoms. The first-order valence-corrected chi connectivity index (χ1v) is 12.1. The van der Waals surface area contributed by atoms with Gasteiger partial charge in [-0.1, -0.05) is 11.6 Å². The number of halogens is 1. The summed E-state index contributed by atoms with van der Waals surface area (Å²) in [6, 6.07) is 12.7. The van der Waals surface area contributed by atoms with Crippen LogP contribution in [0.2, 0.25) is 5.02 Å². The van der Waals surface area contributed by atoms with Gasteiger partial charge in [0.1, 0.15) is 11.3 Å². The molecule has 1 saturated heterocycles. The molecule has 11 heteroatoms. The normalized spacial score (nSPS) is 15.1. The van der Waals surface area contributed by atoms with Crippen molar-refractivity contribution in [1.82, 2.24) is 9.47 Å². The van der Waals surface area contributed by atoms with Crippen molar-refractivity contribution in [3.63, 3.8) is 0 Å². The van der Waals surface area contributed by atoms with Crippen molar-refractivity contribution in [3.8, 4) is 11.4 Å². The third kappa shape index (κ3) is 4.61. The zero-order valence-electron chi connectivity index (χ0n) is 20.5. The topological polar surface area (TPSA) is 97.9 Å². The van der Waals surface area contributed by atoms with Crippen LogP contribution in [0.1, 0.15) is 23.9 Å². The molecule has 0 unspecified atom stereocenters. The number of amides is 2. The first-order chi connectivity index (χ1) is 17.6. The number of methoxy groups -OCH3 is 1. The van der Waals surface area contributed by atoms with E-state index in [0.717, 1.165) is 5.69 Å². The summed E-state index contributed by atoms with van der Waals surface area (Å²) in [4.78, 5) is 40.5. The number of aryl methyl sites for hydroxylation is 1. The SMILES string of the molecule is CCN1C(=O)/C(=C\c2cc(C)n(-c3cc([N+](=O)[O-])ccc3OC)c2C)C(=O)N(c2ccc(Cl)cc2)C1=S. The number of anilines is 1. The molecular weight excluding hydrogens is 516 g/mol. The van der Waals surface area contributed by atoms with Crippen LogP contribution in [-0.4, -0.2) is 45.0 Å². The Balaban J connectivity index is 1.85. The zero-order chi connectivity index (χ0) is 27.0. The lowest BCUT2D eigenvalue weighted by molar-refractivity contribution is -0.384. The molecule has 1 aromatic heterocycles. The van der Waals surface area contributed by atoms with Crippen molar-refractivity contribution in [1.29, 1.82) is 0 Å². The van der Waals surface area contributed by atoms with Gasteiger partial charge in [0.15, 0.2) is 5.11 Å². The van der Waals surface area contributed by atoms with Crippen molar-refractivity contribution in [2.45, 2.75) is 20.8 Å². The molecule has 190 valence electrons. The molecule has 0 saturated carbocycles. The number of nitro benzene ring substituents is 1. The molecule has 0 aliphatic carbocycles. The minimum atomic E-state index is -0.556. The standard InChI is InChI=1S/C26H23ClN4O5S/c1-5-28-24(32)21(25(33)30(26(28)37)19-8-6-18(27)7-9-19)13-17-12-15(2)29(16(17)3)22-14-20(31(34)35)10-11-23(22)36-4/h6-14H,5H2,1-4H3/b21-13+. The van der Waals surface area contributed by atoms with Crippen LogP contribution in [0.5, 0.6) is 5.75 Å². The van der Waals surface area contributed by atoms with E-state index in [9.17, 15) is 19.7 Å². The van der Waals surface area contributed by atoms with Gasteiger partial charge in [-0.05, 0) is 81.0 Å². The second kappa shape index (κ2) is 10.2. The number of aromatic nitrogens is 1. The number of carbonyl (C=O) groups is 2. The number of hydrogen-bond acceptors (Lipinski definition) is 6. The van der Waals surface area contributed by atoms with Gasteiger partial charge in [-0.25, -0.2) is 0 Å². The van der Waals surface area contributed by atoms with Crippen LogP contribution in [0.3, 0.4) is 0 Å². The Bertz CT molecular complexity index is 1480. The van der Waals surface area contributed by atoms with Gasteiger partial charge in [-0.3, -0.25) is 29.5 Å². The number of ether oxygens (including phenoxy) is 1. The van der Waals surface area contributed by atoms with E-state index in [1.54, 1.807) is 48.7 Å². The molecule has 2 heterocycles. The summed E-state index contributed by atoms with van der Waals surface area (Å²) in [5.74, 6) is -0.618. The highest BCUT2D eigenvalue weighted by Crippen LogP contribution is 2.33. The third-order valence-electron chi connectivity index (χ3n) is 6.12. The third-order valence-corrected chi connectivity index (χ3v) is 6.77. The Kier molecular flexibility index (Phi) is 7.15. The molecule has 0 N–H and O–H groups in total. The lowest BCUT2D eigenvalue weighted by Crippen LogP contribution is -2.56. The maximum absolute atomic E-state index is 13.6. The molecule has 0 radical (unpaired) electrons. The molecule has 9 nitrogen and oxygen atoms in total. The fourth-order valence-electron chi connectivity index (χ4n) is 4.30. The Morgan fingerprint density at radius 2 is 1.76 bits per heavy atom. The summed E-state index contributed by atoms with van der Waals surface area (Å²) in [7, 11) is 1.48. The summed E-state index contributed by atoms with van der Waals surface area (Å²) in [5.41, 5.74) is 2.81. The molecule has 0 spiro atoms. The molecule has 0 atom stereocenters. The summed E-state index contributed by atoms with van der Waals surface area (Å²) in [6.45, 7) is 5.67. The van der Waals surface area contributed by atoms with Crippen molar-refractivity contribution < 1.29 is 19.2 Å². The van der Waals surface area contributed by atoms with Gasteiger partial charge in [0.2, 0.25) is 0 Å². The lowest BCUT2D eigenvalue weighted by atomic mass is 10.1. The zero-order valence-corrected chi connectivity index (χ0v) is 22.1. The van der Waals surface area contributed by atoms with Gasteiger partial charge in [-0.2, -0.15) is 0 Å². The van der Waals surface area contributed by atoms with Crippen LogP contribution >= 0.6 is 23.8 Å². The van der Waals surface area contributed by atoms with E-state index in [1.165, 1.54) is 41.2 Å². The fraction of sp³-hybridized carbons (Fsp3) is 0.192. The second-order valence-electron chi connectivity index (χ2n) is 8.28. The van der Waals surface area contributed by atoms with Crippen LogP contribution in [0.25, 0.3) is 11.8 Å². The van der Waals surface area contributed by atoms with Crippen molar-refractivity contribution in [2.75, 3.05) is 18.6 Å². The predicted octanol–water partition coefficient (Wildman–Crippen LogP) is 5.23. The average Bonchev–Trinajstić information content (AvgIpc) is 3.15. The van der Waals surface area contributed by atoms with Gasteiger partial charge in [-0.15, -0.1) is 0 Å². The van der Waals surface area contributed by atoms with Crippen molar-refractivity contribution in [3.05, 3.63) is 86.2 Å². The highest BCUT2D eigenvalue weighted by Gasteiger charge is 2.39. The molecule has 37 heavy (non-hydrogen) atoms. The molecule has 3 aromatic rings. The number of nitrogens with zero attached hydrogens (tertiary/aromatic N) is 4. The average molecular weight is 539 g/mol. The lowest BCUT2D eigenvalue weighted by Gasteiger charge is -2.36. The Morgan fingerprint density at radius 3 is 2.35 bits per heavy atom. The van der Waals surface area contributed by atoms with Crippen molar-refractivity contribution >= 4 is 58.2 Å². The smallest absolute Gasteiger partial charge is 0.271 e. The van der Waals surface area contributed by atoms with E-state index >= 15 is 0 Å². The molecule has 1 fully saturated rings. The second-order valence-corrected chi connectivity index (χ2v) is 9.08. The van der Waals surface area contributed by atoms with Crippen LogP contribution in [0.4, 0.5) is 11.4 Å². The maximum Gasteiger partial charge on any atom is 0.271 e. The number of benzene rings is 2.